The van der Waals surface area contributed by atoms with Crippen LogP contribution < -0.4 is 15.8 Å². The van der Waals surface area contributed by atoms with Gasteiger partial charge < -0.3 is 15.8 Å². The first-order chi connectivity index (χ1) is 12.7. The van der Waals surface area contributed by atoms with Gasteiger partial charge >= 0.3 is 0 Å². The minimum atomic E-state index is 0.196. The number of anilines is 2. The number of aromatic nitrogens is 3. The van der Waals surface area contributed by atoms with Crippen LogP contribution in [0.2, 0.25) is 0 Å². The highest BCUT2D eigenvalue weighted by molar-refractivity contribution is 5.95. The Morgan fingerprint density at radius 3 is 2.77 bits per heavy atom. The molecule has 2 heterocycles. The third-order valence-corrected chi connectivity index (χ3v) is 4.84. The maximum Gasteiger partial charge on any atom is 0.144 e. The number of hydrogen-bond donors (Lipinski definition) is 2. The number of nitrogen functional groups attached to an aromatic ring is 1. The van der Waals surface area contributed by atoms with Crippen LogP contribution in [0.4, 0.5) is 11.5 Å². The van der Waals surface area contributed by atoms with E-state index in [4.69, 9.17) is 10.5 Å². The highest BCUT2D eigenvalue weighted by atomic mass is 16.5. The number of fused-ring (bicyclic) bond motifs is 1. The lowest BCUT2D eigenvalue weighted by molar-refractivity contribution is 0.152. The largest absolute Gasteiger partial charge is 0.490 e. The van der Waals surface area contributed by atoms with Crippen molar-refractivity contribution in [3.8, 4) is 5.75 Å². The number of nitrogens with zero attached hydrogens (tertiary/aromatic N) is 3. The molecule has 0 unspecified atom stereocenters. The minimum absolute atomic E-state index is 0.196. The molecular formula is C20H23N5O. The lowest BCUT2D eigenvalue weighted by Crippen LogP contribution is -2.31. The van der Waals surface area contributed by atoms with Crippen molar-refractivity contribution in [1.29, 1.82) is 0 Å². The lowest BCUT2D eigenvalue weighted by Gasteiger charge is -2.30. The molecule has 6 heteroatoms. The average Bonchev–Trinajstić information content (AvgIpc) is 2.64. The molecule has 26 heavy (non-hydrogen) atoms. The van der Waals surface area contributed by atoms with Gasteiger partial charge in [0.2, 0.25) is 0 Å². The summed E-state index contributed by atoms with van der Waals surface area (Å²) in [4.78, 5) is 12.9. The van der Waals surface area contributed by atoms with E-state index in [-0.39, 0.29) is 6.10 Å². The van der Waals surface area contributed by atoms with Gasteiger partial charge in [0.25, 0.3) is 0 Å². The van der Waals surface area contributed by atoms with Crippen LogP contribution in [0.5, 0.6) is 5.75 Å². The quantitative estimate of drug-likeness (QED) is 0.747. The maximum absolute atomic E-state index is 6.31. The lowest BCUT2D eigenvalue weighted by atomic mass is 9.93. The molecule has 6 nitrogen and oxygen atoms in total. The molecule has 0 atom stereocenters. The normalized spacial score (nSPS) is 20.0. The summed E-state index contributed by atoms with van der Waals surface area (Å²) in [5, 5.41) is 4.37. The predicted octanol–water partition coefficient (Wildman–Crippen LogP) is 3.72. The van der Waals surface area contributed by atoms with E-state index in [0.29, 0.717) is 6.04 Å². The van der Waals surface area contributed by atoms with E-state index in [2.05, 4.69) is 20.3 Å². The van der Waals surface area contributed by atoms with E-state index in [9.17, 15) is 0 Å². The second-order valence-corrected chi connectivity index (χ2v) is 6.83. The fourth-order valence-electron chi connectivity index (χ4n) is 3.61. The molecule has 0 bridgehead atoms. The van der Waals surface area contributed by atoms with Crippen molar-refractivity contribution in [2.45, 2.75) is 44.8 Å². The molecule has 0 amide bonds. The van der Waals surface area contributed by atoms with Crippen molar-refractivity contribution in [3.63, 3.8) is 0 Å². The number of rotatable bonds is 4. The van der Waals surface area contributed by atoms with E-state index in [1.165, 1.54) is 0 Å². The zero-order valence-electron chi connectivity index (χ0n) is 14.9. The topological polar surface area (TPSA) is 86.0 Å². The van der Waals surface area contributed by atoms with Crippen molar-refractivity contribution >= 4 is 22.4 Å². The number of nitrogens with two attached hydrogens (primary N) is 1. The number of pyridine rings is 1. The smallest absolute Gasteiger partial charge is 0.144 e. The van der Waals surface area contributed by atoms with Gasteiger partial charge in [0, 0.05) is 29.8 Å². The van der Waals surface area contributed by atoms with Crippen LogP contribution in [-0.4, -0.2) is 27.1 Å². The molecule has 1 aromatic carbocycles. The Hall–Kier alpha value is -2.89. The van der Waals surface area contributed by atoms with Crippen molar-refractivity contribution in [1.82, 2.24) is 15.0 Å². The van der Waals surface area contributed by atoms with E-state index >= 15 is 0 Å². The molecule has 1 saturated carbocycles. The molecule has 4 rings (SSSR count). The number of benzene rings is 1. The predicted molar refractivity (Wildman–Crippen MR) is 103 cm³/mol. The Kier molecular flexibility index (Phi) is 4.56. The molecule has 1 aliphatic carbocycles. The Labute approximate surface area is 152 Å². The van der Waals surface area contributed by atoms with Gasteiger partial charge in [-0.2, -0.15) is 0 Å². The van der Waals surface area contributed by atoms with Crippen molar-refractivity contribution in [3.05, 3.63) is 48.5 Å². The molecule has 134 valence electrons. The monoisotopic (exact) mass is 349 g/mol. The van der Waals surface area contributed by atoms with Crippen LogP contribution >= 0.6 is 0 Å². The number of aryl methyl sites for hydroxylation is 1. The standard InChI is InChI=1S/C20H23N5O/c1-13-11-16(21)20-17(24-13)3-2-4-18(20)26-15-7-5-14(6-8-15)25-19-12-22-9-10-23-19/h2-4,9-12,14-15H,5-8H2,1H3,(H2,21,24)(H,23,25)/t14-,15-. The summed E-state index contributed by atoms with van der Waals surface area (Å²) in [5.41, 5.74) is 8.76. The SMILES string of the molecule is Cc1cc(N)c2c(O[C@H]3CC[C@H](Nc4cnccn4)CC3)cccc2n1. The first-order valence-electron chi connectivity index (χ1n) is 9.04. The molecule has 0 spiro atoms. The molecule has 0 radical (unpaired) electrons. The molecule has 0 saturated heterocycles. The van der Waals surface area contributed by atoms with Gasteiger partial charge in [-0.1, -0.05) is 6.07 Å². The highest BCUT2D eigenvalue weighted by Crippen LogP contribution is 2.33. The summed E-state index contributed by atoms with van der Waals surface area (Å²) < 4.78 is 6.31. The molecule has 1 aliphatic rings. The fourth-order valence-corrected chi connectivity index (χ4v) is 3.61. The van der Waals surface area contributed by atoms with Crippen molar-refractivity contribution in [2.24, 2.45) is 0 Å². The van der Waals surface area contributed by atoms with Gasteiger partial charge in [0.15, 0.2) is 0 Å². The molecule has 3 aromatic rings. The van der Waals surface area contributed by atoms with Crippen LogP contribution in [0.15, 0.2) is 42.9 Å². The van der Waals surface area contributed by atoms with E-state index in [0.717, 1.165) is 59.5 Å². The third-order valence-electron chi connectivity index (χ3n) is 4.84. The fraction of sp³-hybridized carbons (Fsp3) is 0.350. The first kappa shape index (κ1) is 16.6. The van der Waals surface area contributed by atoms with Gasteiger partial charge in [-0.25, -0.2) is 4.98 Å². The third kappa shape index (κ3) is 3.54. The summed E-state index contributed by atoms with van der Waals surface area (Å²) in [6.07, 6.45) is 9.41. The average molecular weight is 349 g/mol. The Balaban J connectivity index is 1.43. The second kappa shape index (κ2) is 7.15. The van der Waals surface area contributed by atoms with E-state index < -0.39 is 0 Å². The van der Waals surface area contributed by atoms with E-state index in [1.54, 1.807) is 18.6 Å². The van der Waals surface area contributed by atoms with Crippen molar-refractivity contribution in [2.75, 3.05) is 11.1 Å². The number of nitrogens with one attached hydrogen (secondary N) is 1. The summed E-state index contributed by atoms with van der Waals surface area (Å²) in [5.74, 6) is 1.66. The zero-order valence-corrected chi connectivity index (χ0v) is 14.9. The maximum atomic E-state index is 6.31. The molecule has 2 aromatic heterocycles. The van der Waals surface area contributed by atoms with Crippen molar-refractivity contribution < 1.29 is 4.74 Å². The van der Waals surface area contributed by atoms with Crippen LogP contribution in [0.1, 0.15) is 31.4 Å². The van der Waals surface area contributed by atoms with E-state index in [1.807, 2.05) is 31.2 Å². The Morgan fingerprint density at radius 1 is 1.15 bits per heavy atom. The zero-order chi connectivity index (χ0) is 17.9. The van der Waals surface area contributed by atoms with Gasteiger partial charge in [-0.05, 0) is 50.8 Å². The first-order valence-corrected chi connectivity index (χ1v) is 9.04. The Bertz CT molecular complexity index is 891. The summed E-state index contributed by atoms with van der Waals surface area (Å²) in [7, 11) is 0. The van der Waals surface area contributed by atoms with Gasteiger partial charge in [-0.15, -0.1) is 0 Å². The molecular weight excluding hydrogens is 326 g/mol. The minimum Gasteiger partial charge on any atom is -0.490 e. The Morgan fingerprint density at radius 2 is 2.00 bits per heavy atom. The molecule has 0 aliphatic heterocycles. The summed E-state index contributed by atoms with van der Waals surface area (Å²) in [6, 6.07) is 8.25. The van der Waals surface area contributed by atoms with Crippen LogP contribution in [-0.2, 0) is 0 Å². The number of ether oxygens (including phenoxy) is 1. The summed E-state index contributed by atoms with van der Waals surface area (Å²) >= 11 is 0. The van der Waals surface area contributed by atoms with Crippen LogP contribution in [0.3, 0.4) is 0 Å². The van der Waals surface area contributed by atoms with Gasteiger partial charge in [0.05, 0.1) is 23.2 Å². The summed E-state index contributed by atoms with van der Waals surface area (Å²) in [6.45, 7) is 1.95. The highest BCUT2D eigenvalue weighted by Gasteiger charge is 2.23. The molecule has 1 fully saturated rings. The van der Waals surface area contributed by atoms with Gasteiger partial charge in [0.1, 0.15) is 11.6 Å². The van der Waals surface area contributed by atoms with Gasteiger partial charge in [-0.3, -0.25) is 9.97 Å². The second-order valence-electron chi connectivity index (χ2n) is 6.83. The van der Waals surface area contributed by atoms with Crippen LogP contribution in [0.25, 0.3) is 10.9 Å². The number of hydrogen-bond acceptors (Lipinski definition) is 6. The molecule has 3 N–H and O–H groups in total. The van der Waals surface area contributed by atoms with Crippen LogP contribution in [0, 0.1) is 6.92 Å².